The van der Waals surface area contributed by atoms with E-state index in [1.165, 1.54) is 16.9 Å². The van der Waals surface area contributed by atoms with E-state index in [4.69, 9.17) is 16.3 Å². The van der Waals surface area contributed by atoms with Crippen LogP contribution in [0.1, 0.15) is 36.6 Å². The van der Waals surface area contributed by atoms with Crippen LogP contribution in [0.5, 0.6) is 0 Å². The molecule has 0 aliphatic heterocycles. The zero-order valence-electron chi connectivity index (χ0n) is 16.1. The Morgan fingerprint density at radius 1 is 1.14 bits per heavy atom. The topological polar surface area (TPSA) is 51.2 Å². The van der Waals surface area contributed by atoms with Crippen LogP contribution in [0, 0.1) is 12.8 Å². The Labute approximate surface area is 174 Å². The van der Waals surface area contributed by atoms with E-state index in [0.29, 0.717) is 5.02 Å². The summed E-state index contributed by atoms with van der Waals surface area (Å²) < 4.78 is 5.56. The summed E-state index contributed by atoms with van der Waals surface area (Å²) in [5.74, 6) is -0.470. The normalized spacial score (nSPS) is 12.0. The summed E-state index contributed by atoms with van der Waals surface area (Å²) in [4.78, 5) is 17.2. The number of halogens is 1. The number of aromatic nitrogens is 1. The molecule has 1 heterocycles. The van der Waals surface area contributed by atoms with E-state index in [0.717, 1.165) is 22.1 Å². The van der Waals surface area contributed by atoms with Gasteiger partial charge in [0.25, 0.3) is 0 Å². The van der Waals surface area contributed by atoms with Gasteiger partial charge in [-0.3, -0.25) is 4.79 Å². The minimum absolute atomic E-state index is 0.114. The summed E-state index contributed by atoms with van der Waals surface area (Å²) in [5.41, 5.74) is 3.82. The second kappa shape index (κ2) is 9.22. The van der Waals surface area contributed by atoms with Crippen LogP contribution < -0.4 is 5.32 Å². The molecule has 1 atom stereocenters. The standard InChI is InChI=1S/C22H23ClN2O2S/c1-14(2)20(16-6-8-17(23)9-7-16)21(26)27-12-19-13-28-22(25-19)24-18-10-4-15(3)5-11-18/h4-11,13-14,20H,12H2,1-3H3,(H,24,25)/t20-/m0/s1. The largest absolute Gasteiger partial charge is 0.459 e. The van der Waals surface area contributed by atoms with Gasteiger partial charge >= 0.3 is 5.97 Å². The van der Waals surface area contributed by atoms with Gasteiger partial charge in [0, 0.05) is 16.1 Å². The third kappa shape index (κ3) is 5.33. The number of benzene rings is 2. The lowest BCUT2D eigenvalue weighted by Crippen LogP contribution is -2.20. The highest BCUT2D eigenvalue weighted by Gasteiger charge is 2.26. The predicted octanol–water partition coefficient (Wildman–Crippen LogP) is 6.33. The summed E-state index contributed by atoms with van der Waals surface area (Å²) in [6, 6.07) is 15.4. The van der Waals surface area contributed by atoms with Gasteiger partial charge in [-0.1, -0.05) is 55.3 Å². The molecule has 0 amide bonds. The van der Waals surface area contributed by atoms with Gasteiger partial charge in [0.2, 0.25) is 0 Å². The van der Waals surface area contributed by atoms with Crippen LogP contribution >= 0.6 is 22.9 Å². The van der Waals surface area contributed by atoms with Crippen molar-refractivity contribution in [2.24, 2.45) is 5.92 Å². The third-order valence-corrected chi connectivity index (χ3v) is 5.43. The van der Waals surface area contributed by atoms with Crippen molar-refractivity contribution < 1.29 is 9.53 Å². The number of thiazole rings is 1. The molecule has 0 fully saturated rings. The van der Waals surface area contributed by atoms with Gasteiger partial charge in [-0.25, -0.2) is 4.98 Å². The van der Waals surface area contributed by atoms with Crippen molar-refractivity contribution in [1.82, 2.24) is 4.98 Å². The number of nitrogens with zero attached hydrogens (tertiary/aromatic N) is 1. The van der Waals surface area contributed by atoms with E-state index >= 15 is 0 Å². The molecule has 0 radical (unpaired) electrons. The fraction of sp³-hybridized carbons (Fsp3) is 0.273. The average molecular weight is 415 g/mol. The second-order valence-electron chi connectivity index (χ2n) is 7.02. The Morgan fingerprint density at radius 3 is 2.46 bits per heavy atom. The summed E-state index contributed by atoms with van der Waals surface area (Å²) in [6.07, 6.45) is 0. The Bertz CT molecular complexity index is 920. The Morgan fingerprint density at radius 2 is 1.82 bits per heavy atom. The first-order valence-corrected chi connectivity index (χ1v) is 10.4. The number of nitrogens with one attached hydrogen (secondary N) is 1. The number of rotatable bonds is 7. The molecule has 28 heavy (non-hydrogen) atoms. The highest BCUT2D eigenvalue weighted by Crippen LogP contribution is 2.28. The van der Waals surface area contributed by atoms with Crippen LogP contribution in [0.25, 0.3) is 0 Å². The zero-order valence-corrected chi connectivity index (χ0v) is 17.7. The van der Waals surface area contributed by atoms with Gasteiger partial charge in [-0.2, -0.15) is 0 Å². The minimum Gasteiger partial charge on any atom is -0.459 e. The molecule has 0 unspecified atom stereocenters. The van der Waals surface area contributed by atoms with Crippen LogP contribution in [0.2, 0.25) is 5.02 Å². The number of ether oxygens (including phenoxy) is 1. The highest BCUT2D eigenvalue weighted by atomic mass is 35.5. The van der Waals surface area contributed by atoms with Crippen molar-refractivity contribution in [2.45, 2.75) is 33.3 Å². The molecule has 0 aliphatic rings. The van der Waals surface area contributed by atoms with Crippen LogP contribution in [0.4, 0.5) is 10.8 Å². The van der Waals surface area contributed by atoms with Crippen molar-refractivity contribution in [3.05, 3.63) is 75.8 Å². The van der Waals surface area contributed by atoms with Crippen LogP contribution in [0.3, 0.4) is 0 Å². The minimum atomic E-state index is -0.332. The number of esters is 1. The highest BCUT2D eigenvalue weighted by molar-refractivity contribution is 7.13. The van der Waals surface area contributed by atoms with Gasteiger partial charge in [-0.05, 0) is 42.7 Å². The monoisotopic (exact) mass is 414 g/mol. The molecule has 1 aromatic heterocycles. The predicted molar refractivity (Wildman–Crippen MR) is 115 cm³/mol. The lowest BCUT2D eigenvalue weighted by Gasteiger charge is -2.19. The quantitative estimate of drug-likeness (QED) is 0.459. The van der Waals surface area contributed by atoms with Gasteiger partial charge in [-0.15, -0.1) is 11.3 Å². The van der Waals surface area contributed by atoms with Gasteiger partial charge in [0.05, 0.1) is 11.6 Å². The molecule has 2 aromatic carbocycles. The first-order valence-electron chi connectivity index (χ1n) is 9.12. The number of carbonyl (C=O) groups is 1. The van der Waals surface area contributed by atoms with Crippen molar-refractivity contribution in [2.75, 3.05) is 5.32 Å². The van der Waals surface area contributed by atoms with E-state index in [9.17, 15) is 4.79 Å². The van der Waals surface area contributed by atoms with Gasteiger partial charge < -0.3 is 10.1 Å². The number of anilines is 2. The Balaban J connectivity index is 1.61. The molecule has 3 rings (SSSR count). The van der Waals surface area contributed by atoms with Crippen LogP contribution in [-0.2, 0) is 16.1 Å². The molecule has 0 saturated carbocycles. The first-order chi connectivity index (χ1) is 13.4. The van der Waals surface area contributed by atoms with E-state index < -0.39 is 0 Å². The molecule has 3 aromatic rings. The molecule has 4 nitrogen and oxygen atoms in total. The maximum Gasteiger partial charge on any atom is 0.314 e. The third-order valence-electron chi connectivity index (χ3n) is 4.37. The maximum absolute atomic E-state index is 12.7. The summed E-state index contributed by atoms with van der Waals surface area (Å²) in [7, 11) is 0. The molecule has 6 heteroatoms. The van der Waals surface area contributed by atoms with Crippen molar-refractivity contribution in [3.8, 4) is 0 Å². The molecule has 0 spiro atoms. The van der Waals surface area contributed by atoms with Gasteiger partial charge in [0.1, 0.15) is 6.61 Å². The Kier molecular flexibility index (Phi) is 6.70. The smallest absolute Gasteiger partial charge is 0.314 e. The average Bonchev–Trinajstić information content (AvgIpc) is 3.11. The lowest BCUT2D eigenvalue weighted by molar-refractivity contribution is -0.148. The van der Waals surface area contributed by atoms with Gasteiger partial charge in [0.15, 0.2) is 5.13 Å². The summed E-state index contributed by atoms with van der Waals surface area (Å²) in [6.45, 7) is 6.22. The van der Waals surface area contributed by atoms with Crippen LogP contribution in [-0.4, -0.2) is 11.0 Å². The fourth-order valence-corrected chi connectivity index (χ4v) is 3.73. The van der Waals surface area contributed by atoms with Crippen LogP contribution in [0.15, 0.2) is 53.9 Å². The summed E-state index contributed by atoms with van der Waals surface area (Å²) in [5, 5.41) is 6.59. The summed E-state index contributed by atoms with van der Waals surface area (Å²) >= 11 is 7.44. The first kappa shape index (κ1) is 20.4. The number of aryl methyl sites for hydroxylation is 1. The van der Waals surface area contributed by atoms with Crippen molar-refractivity contribution >= 4 is 39.7 Å². The SMILES string of the molecule is Cc1ccc(Nc2nc(COC(=O)[C@H](c3ccc(Cl)cc3)C(C)C)cs2)cc1. The fourth-order valence-electron chi connectivity index (χ4n) is 2.89. The number of hydrogen-bond acceptors (Lipinski definition) is 5. The lowest BCUT2D eigenvalue weighted by atomic mass is 9.88. The molecule has 0 aliphatic carbocycles. The molecular formula is C22H23ClN2O2S. The molecule has 1 N–H and O–H groups in total. The maximum atomic E-state index is 12.7. The molecule has 0 saturated heterocycles. The number of carbonyl (C=O) groups excluding carboxylic acids is 1. The molecule has 146 valence electrons. The second-order valence-corrected chi connectivity index (χ2v) is 8.31. The Hall–Kier alpha value is -2.37. The van der Waals surface area contributed by atoms with E-state index in [1.807, 2.05) is 62.5 Å². The zero-order chi connectivity index (χ0) is 20.1. The number of hydrogen-bond donors (Lipinski definition) is 1. The van der Waals surface area contributed by atoms with Crippen molar-refractivity contribution in [3.63, 3.8) is 0 Å². The molecular weight excluding hydrogens is 392 g/mol. The molecule has 0 bridgehead atoms. The van der Waals surface area contributed by atoms with Crippen molar-refractivity contribution in [1.29, 1.82) is 0 Å². The van der Waals surface area contributed by atoms with E-state index in [1.54, 1.807) is 12.1 Å². The van der Waals surface area contributed by atoms with E-state index in [2.05, 4.69) is 10.3 Å². The van der Waals surface area contributed by atoms with E-state index in [-0.39, 0.29) is 24.4 Å².